The highest BCUT2D eigenvalue weighted by Crippen LogP contribution is 2.51. The number of hydrogen-bond donors (Lipinski definition) is 0. The Kier molecular flexibility index (Phi) is 6.07. The molecule has 0 atom stereocenters. The van der Waals surface area contributed by atoms with Crippen LogP contribution >= 0.6 is 15.9 Å². The van der Waals surface area contributed by atoms with E-state index in [1.54, 1.807) is 0 Å². The highest BCUT2D eigenvalue weighted by molar-refractivity contribution is 9.10. The Hall–Kier alpha value is -4.02. The lowest BCUT2D eigenvalue weighted by Gasteiger charge is -2.22. The van der Waals surface area contributed by atoms with Crippen molar-refractivity contribution < 1.29 is 0 Å². The fourth-order valence-electron chi connectivity index (χ4n) is 7.01. The van der Waals surface area contributed by atoms with Gasteiger partial charge in [0.25, 0.3) is 0 Å². The Bertz CT molecular complexity index is 2030. The third kappa shape index (κ3) is 3.71. The summed E-state index contributed by atoms with van der Waals surface area (Å²) in [4.78, 5) is 10.1. The molecule has 0 spiro atoms. The van der Waals surface area contributed by atoms with Gasteiger partial charge in [0.2, 0.25) is 0 Å². The molecule has 2 aliphatic carbocycles. The summed E-state index contributed by atoms with van der Waals surface area (Å²) in [6.07, 6.45) is 3.96. The van der Waals surface area contributed by atoms with Crippen molar-refractivity contribution in [2.75, 3.05) is 0 Å². The molecule has 0 unspecified atom stereocenters. The Morgan fingerprint density at radius 2 is 1.12 bits per heavy atom. The van der Waals surface area contributed by atoms with Gasteiger partial charge in [-0.3, -0.25) is 4.40 Å². The van der Waals surface area contributed by atoms with Gasteiger partial charge in [0, 0.05) is 28.2 Å². The molecule has 0 bridgehead atoms. The summed E-state index contributed by atoms with van der Waals surface area (Å²) in [5.41, 5.74) is 15.4. The lowest BCUT2D eigenvalue weighted by molar-refractivity contribution is 0.660. The van der Waals surface area contributed by atoms with Crippen LogP contribution in [0.5, 0.6) is 0 Å². The smallest absolute Gasteiger partial charge is 0.164 e. The van der Waals surface area contributed by atoms with Gasteiger partial charge in [0.15, 0.2) is 5.65 Å². The lowest BCUT2D eigenvalue weighted by Crippen LogP contribution is -2.15. The second kappa shape index (κ2) is 9.50. The predicted molar refractivity (Wildman–Crippen MR) is 178 cm³/mol. The first kappa shape index (κ1) is 26.9. The van der Waals surface area contributed by atoms with Gasteiger partial charge in [0.1, 0.15) is 10.3 Å². The third-order valence-electron chi connectivity index (χ3n) is 9.18. The first-order valence-electron chi connectivity index (χ1n) is 14.8. The molecule has 0 aliphatic heterocycles. The van der Waals surface area contributed by atoms with Crippen LogP contribution in [0.15, 0.2) is 102 Å². The molecule has 0 radical (unpaired) electrons. The summed E-state index contributed by atoms with van der Waals surface area (Å²) in [5, 5.41) is 0. The topological polar surface area (TPSA) is 30.2 Å². The van der Waals surface area contributed by atoms with Crippen LogP contribution in [0.25, 0.3) is 50.4 Å². The van der Waals surface area contributed by atoms with Crippen LogP contribution in [-0.4, -0.2) is 14.4 Å². The van der Waals surface area contributed by atoms with E-state index in [9.17, 15) is 0 Å². The normalized spacial score (nSPS) is 14.9. The molecule has 0 saturated carbocycles. The van der Waals surface area contributed by atoms with Crippen LogP contribution in [0.1, 0.15) is 63.8 Å². The van der Waals surface area contributed by atoms with Crippen molar-refractivity contribution in [3.63, 3.8) is 0 Å². The predicted octanol–water partition coefficient (Wildman–Crippen LogP) is 10.5. The monoisotopic (exact) mass is 611 g/mol. The first-order chi connectivity index (χ1) is 20.2. The van der Waals surface area contributed by atoms with Crippen molar-refractivity contribution >= 4 is 21.6 Å². The quantitative estimate of drug-likeness (QED) is 0.195. The average molecular weight is 613 g/mol. The average Bonchev–Trinajstić information content (AvgIpc) is 3.59. The molecule has 42 heavy (non-hydrogen) atoms. The van der Waals surface area contributed by atoms with Gasteiger partial charge in [-0.05, 0) is 72.6 Å². The van der Waals surface area contributed by atoms with Gasteiger partial charge in [-0.15, -0.1) is 0 Å². The zero-order chi connectivity index (χ0) is 29.4. The number of nitrogens with zero attached hydrogens (tertiary/aromatic N) is 3. The third-order valence-corrected chi connectivity index (χ3v) is 9.77. The first-order valence-corrected chi connectivity index (χ1v) is 15.6. The summed E-state index contributed by atoms with van der Waals surface area (Å²) >= 11 is 3.73. The fourth-order valence-corrected chi connectivity index (χ4v) is 7.38. The molecule has 208 valence electrons. The molecule has 4 aromatic carbocycles. The number of imidazole rings is 1. The van der Waals surface area contributed by atoms with E-state index < -0.39 is 0 Å². The highest BCUT2D eigenvalue weighted by atomic mass is 79.9. The van der Waals surface area contributed by atoms with Crippen LogP contribution < -0.4 is 0 Å². The van der Waals surface area contributed by atoms with Gasteiger partial charge in [-0.2, -0.15) is 0 Å². The van der Waals surface area contributed by atoms with E-state index in [0.29, 0.717) is 0 Å². The number of rotatable bonds is 2. The molecule has 0 saturated heterocycles. The summed E-state index contributed by atoms with van der Waals surface area (Å²) in [5.74, 6) is 0. The Morgan fingerprint density at radius 1 is 0.619 bits per heavy atom. The minimum absolute atomic E-state index is 0.0645. The number of aromatic nitrogens is 3. The molecule has 8 rings (SSSR count). The minimum Gasteiger partial charge on any atom is -0.290 e. The second-order valence-electron chi connectivity index (χ2n) is 12.1. The molecule has 6 aromatic rings. The molecule has 0 N–H and O–H groups in total. The number of benzene rings is 4. The number of halogens is 1. The van der Waals surface area contributed by atoms with E-state index in [1.807, 2.05) is 20.0 Å². The summed E-state index contributed by atoms with van der Waals surface area (Å²) in [7, 11) is 0. The molecule has 0 amide bonds. The van der Waals surface area contributed by atoms with E-state index in [0.717, 1.165) is 32.8 Å². The molecule has 2 heterocycles. The van der Waals surface area contributed by atoms with E-state index in [2.05, 4.69) is 139 Å². The molecule has 2 aliphatic rings. The number of fused-ring (bicyclic) bond motifs is 7. The van der Waals surface area contributed by atoms with Crippen molar-refractivity contribution in [1.29, 1.82) is 0 Å². The molecule has 4 heteroatoms. The minimum atomic E-state index is -0.0770. The maximum absolute atomic E-state index is 5.30. The Morgan fingerprint density at radius 3 is 1.71 bits per heavy atom. The maximum Gasteiger partial charge on any atom is 0.164 e. The zero-order valence-corrected chi connectivity index (χ0v) is 26.5. The Labute approximate surface area is 256 Å². The standard InChI is InChI=1S/C36H28BrN3.C2H6/c1-35(2)27-11-7-5-9-23(27)25-15-13-21(17-29(25)35)31-20-40-32(37)19-38-34(40)33(39-31)22-14-16-26-24-10-6-8-12-28(24)36(3,4)30(26)18-22;1-2/h5-20H,1-4H3;1-2H3. The van der Waals surface area contributed by atoms with Crippen molar-refractivity contribution in [1.82, 2.24) is 14.4 Å². The summed E-state index contributed by atoms with van der Waals surface area (Å²) in [6, 6.07) is 31.1. The van der Waals surface area contributed by atoms with Crippen LogP contribution in [0.2, 0.25) is 0 Å². The lowest BCUT2D eigenvalue weighted by atomic mass is 9.82. The van der Waals surface area contributed by atoms with E-state index >= 15 is 0 Å². The van der Waals surface area contributed by atoms with Crippen molar-refractivity contribution in [3.05, 3.63) is 124 Å². The van der Waals surface area contributed by atoms with Crippen LogP contribution in [0, 0.1) is 0 Å². The van der Waals surface area contributed by atoms with Crippen molar-refractivity contribution in [2.45, 2.75) is 52.4 Å². The molecule has 0 fully saturated rings. The molecular weight excluding hydrogens is 578 g/mol. The fraction of sp³-hybridized carbons (Fsp3) is 0.211. The highest BCUT2D eigenvalue weighted by Gasteiger charge is 2.36. The zero-order valence-electron chi connectivity index (χ0n) is 25.0. The van der Waals surface area contributed by atoms with Crippen LogP contribution in [-0.2, 0) is 10.8 Å². The van der Waals surface area contributed by atoms with Gasteiger partial charge in [-0.25, -0.2) is 9.97 Å². The van der Waals surface area contributed by atoms with E-state index in [-0.39, 0.29) is 10.8 Å². The molecular formula is C38H34BrN3. The van der Waals surface area contributed by atoms with Gasteiger partial charge < -0.3 is 0 Å². The van der Waals surface area contributed by atoms with Gasteiger partial charge in [0.05, 0.1) is 11.9 Å². The summed E-state index contributed by atoms with van der Waals surface area (Å²) < 4.78 is 3.02. The van der Waals surface area contributed by atoms with Crippen LogP contribution in [0.3, 0.4) is 0 Å². The van der Waals surface area contributed by atoms with Crippen molar-refractivity contribution in [3.8, 4) is 44.8 Å². The largest absolute Gasteiger partial charge is 0.290 e. The van der Waals surface area contributed by atoms with E-state index in [4.69, 9.17) is 9.97 Å². The van der Waals surface area contributed by atoms with Crippen molar-refractivity contribution in [2.24, 2.45) is 0 Å². The SMILES string of the molecule is CC.CC1(C)c2ccccc2-c2ccc(-c3cn4c(Br)cnc4c(-c4ccc5c(c4)C(C)(C)c4ccccc4-5)n3)cc21. The molecule has 3 nitrogen and oxygen atoms in total. The Balaban J connectivity index is 0.00000141. The number of hydrogen-bond acceptors (Lipinski definition) is 2. The maximum atomic E-state index is 5.30. The van der Waals surface area contributed by atoms with Gasteiger partial charge >= 0.3 is 0 Å². The molecule has 2 aromatic heterocycles. The van der Waals surface area contributed by atoms with Crippen LogP contribution in [0.4, 0.5) is 0 Å². The van der Waals surface area contributed by atoms with Gasteiger partial charge in [-0.1, -0.05) is 114 Å². The second-order valence-corrected chi connectivity index (χ2v) is 12.9. The van der Waals surface area contributed by atoms with E-state index in [1.165, 1.54) is 44.5 Å². The summed E-state index contributed by atoms with van der Waals surface area (Å²) in [6.45, 7) is 13.3.